The lowest BCUT2D eigenvalue weighted by molar-refractivity contribution is 0.306. The molecule has 1 atom stereocenters. The van der Waals surface area contributed by atoms with Crippen molar-refractivity contribution in [2.75, 3.05) is 6.54 Å². The van der Waals surface area contributed by atoms with Gasteiger partial charge in [-0.15, -0.1) is 0 Å². The molecular formula is C18H19NO. The van der Waals surface area contributed by atoms with Gasteiger partial charge in [-0.05, 0) is 29.7 Å². The first kappa shape index (κ1) is 14.1. The topological polar surface area (TPSA) is 13.6 Å². The third kappa shape index (κ3) is 3.86. The second-order valence-electron chi connectivity index (χ2n) is 4.79. The number of hydrogen-bond acceptors (Lipinski definition) is 1. The molecular weight excluding hydrogens is 246 g/mol. The molecule has 102 valence electrons. The zero-order valence-electron chi connectivity index (χ0n) is 11.8. The van der Waals surface area contributed by atoms with Gasteiger partial charge in [-0.3, -0.25) is 0 Å². The molecule has 2 rings (SSSR count). The second kappa shape index (κ2) is 7.35. The van der Waals surface area contributed by atoms with Gasteiger partial charge in [0.05, 0.1) is 5.92 Å². The fourth-order valence-electron chi connectivity index (χ4n) is 2.16. The van der Waals surface area contributed by atoms with Crippen LogP contribution in [0.25, 0.3) is 4.85 Å². The van der Waals surface area contributed by atoms with Crippen LogP contribution in [0.15, 0.2) is 54.6 Å². The van der Waals surface area contributed by atoms with E-state index in [1.54, 1.807) is 0 Å². The van der Waals surface area contributed by atoms with Crippen LogP contribution >= 0.6 is 0 Å². The first-order chi connectivity index (χ1) is 9.83. The quantitative estimate of drug-likeness (QED) is 0.691. The van der Waals surface area contributed by atoms with Crippen LogP contribution in [0.4, 0.5) is 0 Å². The monoisotopic (exact) mass is 265 g/mol. The molecule has 0 radical (unpaired) electrons. The van der Waals surface area contributed by atoms with E-state index >= 15 is 0 Å². The van der Waals surface area contributed by atoms with E-state index in [1.807, 2.05) is 30.3 Å². The molecule has 0 saturated carbocycles. The molecule has 0 aromatic heterocycles. The van der Waals surface area contributed by atoms with E-state index in [2.05, 4.69) is 36.0 Å². The Kier molecular flexibility index (Phi) is 5.20. The minimum absolute atomic E-state index is 0.329. The zero-order valence-corrected chi connectivity index (χ0v) is 11.8. The summed E-state index contributed by atoms with van der Waals surface area (Å²) in [7, 11) is 0. The Bertz CT molecular complexity index is 554. The summed E-state index contributed by atoms with van der Waals surface area (Å²) >= 11 is 0. The van der Waals surface area contributed by atoms with Gasteiger partial charge in [-0.25, -0.2) is 6.57 Å². The van der Waals surface area contributed by atoms with E-state index < -0.39 is 0 Å². The van der Waals surface area contributed by atoms with Gasteiger partial charge in [-0.2, -0.15) is 0 Å². The number of hydrogen-bond donors (Lipinski definition) is 0. The molecule has 0 aliphatic carbocycles. The van der Waals surface area contributed by atoms with E-state index in [4.69, 9.17) is 11.3 Å². The van der Waals surface area contributed by atoms with E-state index in [9.17, 15) is 0 Å². The molecule has 0 spiro atoms. The van der Waals surface area contributed by atoms with E-state index in [0.717, 1.165) is 17.7 Å². The number of rotatable bonds is 6. The summed E-state index contributed by atoms with van der Waals surface area (Å²) in [5, 5.41) is 0. The lowest BCUT2D eigenvalue weighted by Gasteiger charge is -2.11. The van der Waals surface area contributed by atoms with Gasteiger partial charge in [0.25, 0.3) is 0 Å². The Morgan fingerprint density at radius 1 is 1.05 bits per heavy atom. The predicted octanol–water partition coefficient (Wildman–Crippen LogP) is 4.68. The maximum absolute atomic E-state index is 6.99. The van der Waals surface area contributed by atoms with Crippen LogP contribution in [0.5, 0.6) is 5.75 Å². The van der Waals surface area contributed by atoms with E-state index in [-0.39, 0.29) is 0 Å². The molecule has 20 heavy (non-hydrogen) atoms. The SMILES string of the molecule is [C-]#[N+]C[C@@H](CC)c1ccc(OCc2ccccc2)cc1. The Morgan fingerprint density at radius 2 is 1.75 bits per heavy atom. The smallest absolute Gasteiger partial charge is 0.221 e. The van der Waals surface area contributed by atoms with Crippen molar-refractivity contribution in [1.29, 1.82) is 0 Å². The minimum atomic E-state index is 0.329. The van der Waals surface area contributed by atoms with Crippen molar-refractivity contribution < 1.29 is 4.74 Å². The molecule has 0 fully saturated rings. The van der Waals surface area contributed by atoms with Crippen molar-refractivity contribution in [1.82, 2.24) is 0 Å². The summed E-state index contributed by atoms with van der Waals surface area (Å²) in [5.74, 6) is 1.20. The lowest BCUT2D eigenvalue weighted by Crippen LogP contribution is -2.00. The van der Waals surface area contributed by atoms with Gasteiger partial charge < -0.3 is 9.58 Å². The lowest BCUT2D eigenvalue weighted by atomic mass is 9.97. The molecule has 0 unspecified atom stereocenters. The van der Waals surface area contributed by atoms with E-state index in [1.165, 1.54) is 5.56 Å². The number of nitrogens with zero attached hydrogens (tertiary/aromatic N) is 1. The average Bonchev–Trinajstić information content (AvgIpc) is 2.52. The molecule has 0 saturated heterocycles. The molecule has 0 N–H and O–H groups in total. The highest BCUT2D eigenvalue weighted by Gasteiger charge is 2.11. The highest BCUT2D eigenvalue weighted by molar-refractivity contribution is 5.30. The highest BCUT2D eigenvalue weighted by atomic mass is 16.5. The first-order valence-corrected chi connectivity index (χ1v) is 6.93. The average molecular weight is 265 g/mol. The minimum Gasteiger partial charge on any atom is -0.489 e. The maximum Gasteiger partial charge on any atom is 0.221 e. The Balaban J connectivity index is 1.96. The van der Waals surface area contributed by atoms with E-state index in [0.29, 0.717) is 19.1 Å². The Labute approximate surface area is 120 Å². The molecule has 2 aromatic carbocycles. The van der Waals surface area contributed by atoms with Crippen molar-refractivity contribution in [2.24, 2.45) is 0 Å². The molecule has 0 bridgehead atoms. The van der Waals surface area contributed by atoms with Gasteiger partial charge in [0.2, 0.25) is 6.54 Å². The number of ether oxygens (including phenoxy) is 1. The van der Waals surface area contributed by atoms with Gasteiger partial charge in [-0.1, -0.05) is 49.4 Å². The molecule has 2 aromatic rings. The third-order valence-corrected chi connectivity index (χ3v) is 3.40. The van der Waals surface area contributed by atoms with Crippen LogP contribution in [0.3, 0.4) is 0 Å². The summed E-state index contributed by atoms with van der Waals surface area (Å²) in [6.45, 7) is 10.2. The van der Waals surface area contributed by atoms with Crippen molar-refractivity contribution in [3.63, 3.8) is 0 Å². The first-order valence-electron chi connectivity index (χ1n) is 6.93. The number of benzene rings is 2. The largest absolute Gasteiger partial charge is 0.489 e. The normalized spacial score (nSPS) is 11.6. The summed E-state index contributed by atoms with van der Waals surface area (Å²) in [6.07, 6.45) is 0.993. The summed E-state index contributed by atoms with van der Waals surface area (Å²) in [5.41, 5.74) is 2.38. The van der Waals surface area contributed by atoms with Crippen LogP contribution in [-0.2, 0) is 6.61 Å². The Morgan fingerprint density at radius 3 is 2.35 bits per heavy atom. The van der Waals surface area contributed by atoms with Crippen LogP contribution in [0, 0.1) is 6.57 Å². The molecule has 2 nitrogen and oxygen atoms in total. The van der Waals surface area contributed by atoms with Crippen LogP contribution in [0.2, 0.25) is 0 Å². The zero-order chi connectivity index (χ0) is 14.2. The molecule has 0 amide bonds. The highest BCUT2D eigenvalue weighted by Crippen LogP contribution is 2.23. The van der Waals surface area contributed by atoms with Gasteiger partial charge >= 0.3 is 0 Å². The van der Waals surface area contributed by atoms with Gasteiger partial charge in [0.15, 0.2) is 0 Å². The predicted molar refractivity (Wildman–Crippen MR) is 81.7 cm³/mol. The fourth-order valence-corrected chi connectivity index (χ4v) is 2.16. The molecule has 0 aliphatic rings. The Hall–Kier alpha value is -2.27. The summed E-state index contributed by atoms with van der Waals surface area (Å²) < 4.78 is 5.76. The van der Waals surface area contributed by atoms with Crippen LogP contribution in [0.1, 0.15) is 30.4 Å². The summed E-state index contributed by atoms with van der Waals surface area (Å²) in [4.78, 5) is 3.50. The van der Waals surface area contributed by atoms with Gasteiger partial charge in [0, 0.05) is 0 Å². The second-order valence-corrected chi connectivity index (χ2v) is 4.79. The summed E-state index contributed by atoms with van der Waals surface area (Å²) in [6, 6.07) is 18.3. The fraction of sp³-hybridized carbons (Fsp3) is 0.278. The van der Waals surface area contributed by atoms with Crippen LogP contribution in [-0.4, -0.2) is 6.54 Å². The molecule has 2 heteroatoms. The van der Waals surface area contributed by atoms with Crippen molar-refractivity contribution in [3.8, 4) is 5.75 Å². The van der Waals surface area contributed by atoms with Crippen LogP contribution < -0.4 is 4.74 Å². The molecule has 0 aliphatic heterocycles. The van der Waals surface area contributed by atoms with Gasteiger partial charge in [0.1, 0.15) is 12.4 Å². The standard InChI is InChI=1S/C18H19NO/c1-3-16(13-19-2)17-9-11-18(12-10-17)20-14-15-7-5-4-6-8-15/h4-12,16H,3,13-14H2,1H3/t16-/m1/s1. The van der Waals surface area contributed by atoms with Crippen molar-refractivity contribution in [2.45, 2.75) is 25.9 Å². The maximum atomic E-state index is 6.99. The van der Waals surface area contributed by atoms with Crippen molar-refractivity contribution >= 4 is 0 Å². The van der Waals surface area contributed by atoms with Crippen molar-refractivity contribution in [3.05, 3.63) is 77.1 Å². The third-order valence-electron chi connectivity index (χ3n) is 3.40. The molecule has 0 heterocycles.